The molecule has 0 aromatic heterocycles. The third kappa shape index (κ3) is 4.65. The molecule has 0 bridgehead atoms. The molecule has 2 aliphatic heterocycles. The van der Waals surface area contributed by atoms with Crippen molar-refractivity contribution in [1.29, 1.82) is 0 Å². The first-order valence-electron chi connectivity index (χ1n) is 10.2. The Labute approximate surface area is 193 Å². The van der Waals surface area contributed by atoms with E-state index in [1.165, 1.54) is 46.3 Å². The van der Waals surface area contributed by atoms with Gasteiger partial charge in [-0.25, -0.2) is 8.78 Å². The van der Waals surface area contributed by atoms with Gasteiger partial charge in [0.25, 0.3) is 11.8 Å². The van der Waals surface area contributed by atoms with Crippen LogP contribution in [0.25, 0.3) is 0 Å². The lowest BCUT2D eigenvalue weighted by atomic mass is 10.1. The number of hydrogen-bond acceptors (Lipinski definition) is 5. The monoisotopic (exact) mass is 475 g/mol. The Morgan fingerprint density at radius 3 is 2.06 bits per heavy atom. The average molecular weight is 476 g/mol. The van der Waals surface area contributed by atoms with E-state index >= 15 is 0 Å². The quantitative estimate of drug-likeness (QED) is 0.731. The number of nitrogens with two attached hydrogens (primary N) is 1. The summed E-state index contributed by atoms with van der Waals surface area (Å²) in [4.78, 5) is 40.7. The maximum absolute atomic E-state index is 13.3. The zero-order chi connectivity index (χ0) is 23.7. The summed E-state index contributed by atoms with van der Waals surface area (Å²) in [6.45, 7) is 1.01. The SMILES string of the molecule is NC(=O)C1CC(C(=O)N2CCN(C(=O)c3ccc(F)cc3Cl)CC2)=NN1c1ccc(F)cc1. The minimum atomic E-state index is -0.863. The highest BCUT2D eigenvalue weighted by molar-refractivity contribution is 6.40. The first-order valence-corrected chi connectivity index (χ1v) is 10.6. The van der Waals surface area contributed by atoms with Gasteiger partial charge in [-0.1, -0.05) is 11.6 Å². The molecule has 0 spiro atoms. The molecule has 2 aliphatic rings. The molecule has 0 radical (unpaired) electrons. The van der Waals surface area contributed by atoms with E-state index in [2.05, 4.69) is 5.10 Å². The highest BCUT2D eigenvalue weighted by Crippen LogP contribution is 2.26. The van der Waals surface area contributed by atoms with Gasteiger partial charge >= 0.3 is 0 Å². The topological polar surface area (TPSA) is 99.3 Å². The highest BCUT2D eigenvalue weighted by atomic mass is 35.5. The van der Waals surface area contributed by atoms with Crippen molar-refractivity contribution < 1.29 is 23.2 Å². The third-order valence-corrected chi connectivity index (χ3v) is 5.91. The molecule has 4 rings (SSSR count). The van der Waals surface area contributed by atoms with Gasteiger partial charge in [-0.2, -0.15) is 5.10 Å². The number of nitrogens with zero attached hydrogens (tertiary/aromatic N) is 4. The molecule has 0 saturated carbocycles. The number of carbonyl (C=O) groups excluding carboxylic acids is 3. The van der Waals surface area contributed by atoms with Crippen LogP contribution in [0.15, 0.2) is 47.6 Å². The normalized spacial score (nSPS) is 18.3. The predicted molar refractivity (Wildman–Crippen MR) is 118 cm³/mol. The van der Waals surface area contributed by atoms with Crippen LogP contribution >= 0.6 is 11.6 Å². The summed E-state index contributed by atoms with van der Waals surface area (Å²) in [7, 11) is 0. The molecule has 1 atom stereocenters. The largest absolute Gasteiger partial charge is 0.368 e. The van der Waals surface area contributed by atoms with Crippen molar-refractivity contribution in [1.82, 2.24) is 9.80 Å². The lowest BCUT2D eigenvalue weighted by Gasteiger charge is -2.34. The number of hydrazone groups is 1. The Bertz CT molecular complexity index is 1130. The summed E-state index contributed by atoms with van der Waals surface area (Å²) in [5.74, 6) is -2.34. The van der Waals surface area contributed by atoms with E-state index in [-0.39, 0.29) is 60.7 Å². The van der Waals surface area contributed by atoms with Crippen LogP contribution in [0.5, 0.6) is 0 Å². The van der Waals surface area contributed by atoms with Crippen LogP contribution in [0.1, 0.15) is 16.8 Å². The Hall–Kier alpha value is -3.53. The molecule has 3 amide bonds. The summed E-state index contributed by atoms with van der Waals surface area (Å²) < 4.78 is 26.5. The van der Waals surface area contributed by atoms with Gasteiger partial charge in [0.05, 0.1) is 16.3 Å². The molecule has 33 heavy (non-hydrogen) atoms. The maximum atomic E-state index is 13.3. The fraction of sp³-hybridized carbons (Fsp3) is 0.273. The summed E-state index contributed by atoms with van der Waals surface area (Å²) in [6.07, 6.45) is 0.0237. The Morgan fingerprint density at radius 1 is 0.909 bits per heavy atom. The molecule has 172 valence electrons. The zero-order valence-electron chi connectivity index (χ0n) is 17.4. The minimum Gasteiger partial charge on any atom is -0.368 e. The molecule has 2 aromatic carbocycles. The number of piperazine rings is 1. The summed E-state index contributed by atoms with van der Waals surface area (Å²) in [5, 5.41) is 5.64. The number of anilines is 1. The molecule has 8 nitrogen and oxygen atoms in total. The number of hydrogen-bond donors (Lipinski definition) is 1. The third-order valence-electron chi connectivity index (χ3n) is 5.59. The van der Waals surface area contributed by atoms with E-state index in [1.54, 1.807) is 4.90 Å². The van der Waals surface area contributed by atoms with E-state index in [0.717, 1.165) is 6.07 Å². The second kappa shape index (κ2) is 9.14. The minimum absolute atomic E-state index is 0.0237. The Morgan fingerprint density at radius 2 is 1.48 bits per heavy atom. The van der Waals surface area contributed by atoms with Crippen LogP contribution in [0.2, 0.25) is 5.02 Å². The van der Waals surface area contributed by atoms with E-state index in [1.807, 2.05) is 0 Å². The molecule has 2 aromatic rings. The van der Waals surface area contributed by atoms with Gasteiger partial charge in [0.1, 0.15) is 23.4 Å². The molecule has 0 aliphatic carbocycles. The van der Waals surface area contributed by atoms with Crippen molar-refractivity contribution in [3.63, 3.8) is 0 Å². The second-order valence-electron chi connectivity index (χ2n) is 7.70. The molecule has 2 heterocycles. The molecular formula is C22H20ClF2N5O3. The molecule has 11 heteroatoms. The van der Waals surface area contributed by atoms with Crippen molar-refractivity contribution in [2.45, 2.75) is 12.5 Å². The lowest BCUT2D eigenvalue weighted by molar-refractivity contribution is -0.125. The first-order chi connectivity index (χ1) is 15.7. The number of halogens is 3. The molecule has 1 saturated heterocycles. The Balaban J connectivity index is 1.43. The van der Waals surface area contributed by atoms with Gasteiger partial charge < -0.3 is 15.5 Å². The van der Waals surface area contributed by atoms with Crippen LogP contribution < -0.4 is 10.7 Å². The van der Waals surface area contributed by atoms with Crippen LogP contribution in [0.4, 0.5) is 14.5 Å². The summed E-state index contributed by atoms with van der Waals surface area (Å²) in [6, 6.07) is 8.07. The van der Waals surface area contributed by atoms with Gasteiger partial charge in [0.2, 0.25) is 5.91 Å². The van der Waals surface area contributed by atoms with E-state index in [4.69, 9.17) is 17.3 Å². The second-order valence-corrected chi connectivity index (χ2v) is 8.11. The number of rotatable bonds is 4. The molecular weight excluding hydrogens is 456 g/mol. The van der Waals surface area contributed by atoms with Crippen molar-refractivity contribution in [2.24, 2.45) is 10.8 Å². The van der Waals surface area contributed by atoms with Gasteiger partial charge in [-0.05, 0) is 42.5 Å². The number of amides is 3. The van der Waals surface area contributed by atoms with Crippen molar-refractivity contribution in [2.75, 3.05) is 31.2 Å². The van der Waals surface area contributed by atoms with E-state index in [9.17, 15) is 23.2 Å². The predicted octanol–water partition coefficient (Wildman–Crippen LogP) is 2.02. The maximum Gasteiger partial charge on any atom is 0.270 e. The van der Waals surface area contributed by atoms with E-state index in [0.29, 0.717) is 5.69 Å². The molecule has 2 N–H and O–H groups in total. The van der Waals surface area contributed by atoms with Crippen LogP contribution in [0.3, 0.4) is 0 Å². The van der Waals surface area contributed by atoms with Crippen LogP contribution in [-0.4, -0.2) is 65.5 Å². The Kier molecular flexibility index (Phi) is 6.28. The molecule has 1 unspecified atom stereocenters. The zero-order valence-corrected chi connectivity index (χ0v) is 18.1. The van der Waals surface area contributed by atoms with Crippen molar-refractivity contribution in [3.8, 4) is 0 Å². The highest BCUT2D eigenvalue weighted by Gasteiger charge is 2.37. The van der Waals surface area contributed by atoms with Crippen molar-refractivity contribution in [3.05, 3.63) is 64.7 Å². The summed E-state index contributed by atoms with van der Waals surface area (Å²) in [5.41, 5.74) is 6.28. The van der Waals surface area contributed by atoms with Crippen LogP contribution in [0, 0.1) is 11.6 Å². The van der Waals surface area contributed by atoms with Gasteiger partial charge in [0, 0.05) is 32.6 Å². The molecule has 1 fully saturated rings. The smallest absolute Gasteiger partial charge is 0.270 e. The van der Waals surface area contributed by atoms with Crippen molar-refractivity contribution >= 4 is 40.7 Å². The fourth-order valence-corrected chi connectivity index (χ4v) is 4.07. The van der Waals surface area contributed by atoms with Gasteiger partial charge in [-0.3, -0.25) is 19.4 Å². The van der Waals surface area contributed by atoms with Gasteiger partial charge in [0.15, 0.2) is 0 Å². The number of carbonyl (C=O) groups is 3. The van der Waals surface area contributed by atoms with E-state index < -0.39 is 23.6 Å². The van der Waals surface area contributed by atoms with Crippen LogP contribution in [-0.2, 0) is 9.59 Å². The summed E-state index contributed by atoms with van der Waals surface area (Å²) >= 11 is 5.99. The fourth-order valence-electron chi connectivity index (χ4n) is 3.82. The number of benzene rings is 2. The average Bonchev–Trinajstić information content (AvgIpc) is 3.25. The standard InChI is InChI=1S/C22H20ClF2N5O3/c23-17-11-14(25)3-6-16(17)21(32)28-7-9-29(10-8-28)22(33)18-12-19(20(26)31)30(27-18)15-4-1-13(24)2-5-15/h1-6,11,19H,7-10,12H2,(H2,26,31). The first kappa shape index (κ1) is 22.7. The van der Waals surface area contributed by atoms with Gasteiger partial charge in [-0.15, -0.1) is 0 Å². The number of primary amides is 1. The lowest BCUT2D eigenvalue weighted by Crippen LogP contribution is -2.52.